The molecule has 0 saturated carbocycles. The van der Waals surface area contributed by atoms with Gasteiger partial charge < -0.3 is 9.80 Å². The molecule has 1 aliphatic rings. The van der Waals surface area contributed by atoms with Gasteiger partial charge in [-0.3, -0.25) is 9.59 Å². The number of hydrogen-bond acceptors (Lipinski definition) is 4. The van der Waals surface area contributed by atoms with Crippen molar-refractivity contribution >= 4 is 18.0 Å². The second kappa shape index (κ2) is 5.62. The van der Waals surface area contributed by atoms with E-state index in [1.807, 2.05) is 19.1 Å². The van der Waals surface area contributed by atoms with Gasteiger partial charge in [0.25, 0.3) is 0 Å². The first-order valence-electron chi connectivity index (χ1n) is 6.18. The molecule has 5 nitrogen and oxygen atoms in total. The maximum atomic E-state index is 11.5. The number of nitrogens with zero attached hydrogens (tertiary/aromatic N) is 3. The Morgan fingerprint density at radius 3 is 2.56 bits per heavy atom. The number of carbonyl (C=O) groups excluding carboxylic acids is 2. The summed E-state index contributed by atoms with van der Waals surface area (Å²) in [5, 5.41) is 0. The molecule has 0 aliphatic carbocycles. The molecule has 0 spiro atoms. The normalized spacial score (nSPS) is 15.6. The van der Waals surface area contributed by atoms with Gasteiger partial charge in [-0.1, -0.05) is 6.92 Å². The van der Waals surface area contributed by atoms with E-state index in [0.717, 1.165) is 38.4 Å². The molecule has 1 aliphatic heterocycles. The molecular weight excluding hydrogens is 230 g/mol. The fourth-order valence-electron chi connectivity index (χ4n) is 2.00. The van der Waals surface area contributed by atoms with E-state index in [1.54, 1.807) is 11.1 Å². The van der Waals surface area contributed by atoms with Crippen molar-refractivity contribution < 1.29 is 9.59 Å². The van der Waals surface area contributed by atoms with Crippen molar-refractivity contribution in [3.63, 3.8) is 0 Å². The number of ketones is 1. The molecule has 1 aromatic rings. The highest BCUT2D eigenvalue weighted by Gasteiger charge is 2.16. The molecule has 18 heavy (non-hydrogen) atoms. The maximum Gasteiger partial charge on any atom is 0.209 e. The minimum Gasteiger partial charge on any atom is -0.353 e. The number of amides is 1. The molecule has 0 atom stereocenters. The van der Waals surface area contributed by atoms with E-state index in [0.29, 0.717) is 12.0 Å². The Balaban J connectivity index is 2.02. The van der Waals surface area contributed by atoms with Crippen LogP contribution in [0, 0.1) is 0 Å². The smallest absolute Gasteiger partial charge is 0.209 e. The average molecular weight is 247 g/mol. The van der Waals surface area contributed by atoms with Gasteiger partial charge in [0, 0.05) is 44.4 Å². The van der Waals surface area contributed by atoms with Crippen molar-refractivity contribution in [1.29, 1.82) is 0 Å². The van der Waals surface area contributed by atoms with E-state index >= 15 is 0 Å². The van der Waals surface area contributed by atoms with Gasteiger partial charge in [0.2, 0.25) is 6.41 Å². The number of piperazine rings is 1. The standard InChI is InChI=1S/C13H17N3O2/c1-2-12(18)11-3-4-13(14-9-11)16-7-5-15(10-17)6-8-16/h3-4,9-10H,2,5-8H2,1H3. The number of anilines is 1. The first-order chi connectivity index (χ1) is 8.74. The van der Waals surface area contributed by atoms with Crippen molar-refractivity contribution in [3.05, 3.63) is 23.9 Å². The molecule has 0 N–H and O–H groups in total. The molecule has 1 amide bonds. The van der Waals surface area contributed by atoms with Gasteiger partial charge in [-0.2, -0.15) is 0 Å². The van der Waals surface area contributed by atoms with Gasteiger partial charge >= 0.3 is 0 Å². The van der Waals surface area contributed by atoms with Crippen LogP contribution < -0.4 is 4.90 Å². The highest BCUT2D eigenvalue weighted by Crippen LogP contribution is 2.14. The van der Waals surface area contributed by atoms with E-state index in [4.69, 9.17) is 0 Å². The molecule has 0 bridgehead atoms. The fraction of sp³-hybridized carbons (Fsp3) is 0.462. The lowest BCUT2D eigenvalue weighted by Crippen LogP contribution is -2.46. The van der Waals surface area contributed by atoms with Crippen LogP contribution in [0.1, 0.15) is 23.7 Å². The largest absolute Gasteiger partial charge is 0.353 e. The number of rotatable bonds is 4. The summed E-state index contributed by atoms with van der Waals surface area (Å²) in [6, 6.07) is 3.69. The van der Waals surface area contributed by atoms with Gasteiger partial charge in [0.1, 0.15) is 5.82 Å². The minimum atomic E-state index is 0.111. The fourth-order valence-corrected chi connectivity index (χ4v) is 2.00. The highest BCUT2D eigenvalue weighted by atomic mass is 16.1. The van der Waals surface area contributed by atoms with Crippen LogP contribution in [0.5, 0.6) is 0 Å². The van der Waals surface area contributed by atoms with Gasteiger partial charge in [0.15, 0.2) is 5.78 Å². The van der Waals surface area contributed by atoms with E-state index in [9.17, 15) is 9.59 Å². The molecule has 0 unspecified atom stereocenters. The van der Waals surface area contributed by atoms with Crippen LogP contribution in [0.25, 0.3) is 0 Å². The zero-order valence-corrected chi connectivity index (χ0v) is 10.5. The van der Waals surface area contributed by atoms with Crippen molar-refractivity contribution in [2.45, 2.75) is 13.3 Å². The molecule has 1 aromatic heterocycles. The van der Waals surface area contributed by atoms with E-state index in [1.165, 1.54) is 0 Å². The summed E-state index contributed by atoms with van der Waals surface area (Å²) in [6.45, 7) is 4.86. The van der Waals surface area contributed by atoms with Crippen LogP contribution in [-0.4, -0.2) is 48.3 Å². The van der Waals surface area contributed by atoms with Crippen LogP contribution in [0.2, 0.25) is 0 Å². The van der Waals surface area contributed by atoms with E-state index < -0.39 is 0 Å². The van der Waals surface area contributed by atoms with Crippen LogP contribution in [0.3, 0.4) is 0 Å². The Bertz CT molecular complexity index is 422. The average Bonchev–Trinajstić information content (AvgIpc) is 2.47. The zero-order chi connectivity index (χ0) is 13.0. The van der Waals surface area contributed by atoms with Crippen molar-refractivity contribution in [2.24, 2.45) is 0 Å². The summed E-state index contributed by atoms with van der Waals surface area (Å²) in [5.74, 6) is 0.980. The van der Waals surface area contributed by atoms with Gasteiger partial charge in [-0.05, 0) is 12.1 Å². The number of pyridine rings is 1. The monoisotopic (exact) mass is 247 g/mol. The molecule has 2 heterocycles. The number of aromatic nitrogens is 1. The van der Waals surface area contributed by atoms with Gasteiger partial charge in [-0.25, -0.2) is 4.98 Å². The number of carbonyl (C=O) groups is 2. The Labute approximate surface area is 106 Å². The van der Waals surface area contributed by atoms with Crippen LogP contribution >= 0.6 is 0 Å². The Morgan fingerprint density at radius 1 is 1.33 bits per heavy atom. The van der Waals surface area contributed by atoms with Gasteiger partial charge in [-0.15, -0.1) is 0 Å². The summed E-state index contributed by atoms with van der Waals surface area (Å²) < 4.78 is 0. The summed E-state index contributed by atoms with van der Waals surface area (Å²) >= 11 is 0. The van der Waals surface area contributed by atoms with E-state index in [2.05, 4.69) is 9.88 Å². The molecular formula is C13H17N3O2. The lowest BCUT2D eigenvalue weighted by Gasteiger charge is -2.33. The van der Waals surface area contributed by atoms with Gasteiger partial charge in [0.05, 0.1) is 0 Å². The topological polar surface area (TPSA) is 53.5 Å². The Morgan fingerprint density at radius 2 is 2.06 bits per heavy atom. The SMILES string of the molecule is CCC(=O)c1ccc(N2CCN(C=O)CC2)nc1. The minimum absolute atomic E-state index is 0.111. The van der Waals surface area contributed by atoms with Crippen LogP contribution in [-0.2, 0) is 4.79 Å². The lowest BCUT2D eigenvalue weighted by molar-refractivity contribution is -0.118. The number of hydrogen-bond donors (Lipinski definition) is 0. The third kappa shape index (κ3) is 2.67. The lowest BCUT2D eigenvalue weighted by atomic mass is 10.1. The molecule has 0 aromatic carbocycles. The van der Waals surface area contributed by atoms with Crippen molar-refractivity contribution in [2.75, 3.05) is 31.1 Å². The molecule has 5 heteroatoms. The van der Waals surface area contributed by atoms with Crippen molar-refractivity contribution in [3.8, 4) is 0 Å². The number of Topliss-reactive ketones (excluding diaryl/α,β-unsaturated/α-hetero) is 1. The van der Waals surface area contributed by atoms with Crippen LogP contribution in [0.4, 0.5) is 5.82 Å². The third-order valence-electron chi connectivity index (χ3n) is 3.18. The summed E-state index contributed by atoms with van der Waals surface area (Å²) in [7, 11) is 0. The first-order valence-corrected chi connectivity index (χ1v) is 6.18. The third-order valence-corrected chi connectivity index (χ3v) is 3.18. The summed E-state index contributed by atoms with van der Waals surface area (Å²) in [6.07, 6.45) is 3.01. The molecule has 96 valence electrons. The highest BCUT2D eigenvalue weighted by molar-refractivity contribution is 5.95. The van der Waals surface area contributed by atoms with E-state index in [-0.39, 0.29) is 5.78 Å². The molecule has 2 rings (SSSR count). The maximum absolute atomic E-state index is 11.5. The first kappa shape index (κ1) is 12.5. The van der Waals surface area contributed by atoms with Crippen LogP contribution in [0.15, 0.2) is 18.3 Å². The predicted octanol–water partition coefficient (Wildman–Crippen LogP) is 0.953. The zero-order valence-electron chi connectivity index (χ0n) is 10.5. The van der Waals surface area contributed by atoms with Crippen molar-refractivity contribution in [1.82, 2.24) is 9.88 Å². The Hall–Kier alpha value is -1.91. The molecule has 1 saturated heterocycles. The Kier molecular flexibility index (Phi) is 3.92. The summed E-state index contributed by atoms with van der Waals surface area (Å²) in [5.41, 5.74) is 0.660. The quantitative estimate of drug-likeness (QED) is 0.587. The molecule has 0 radical (unpaired) electrons. The molecule has 1 fully saturated rings. The second-order valence-electron chi connectivity index (χ2n) is 4.31. The summed E-state index contributed by atoms with van der Waals surface area (Å²) in [4.78, 5) is 30.3. The predicted molar refractivity (Wildman–Crippen MR) is 68.7 cm³/mol. The second-order valence-corrected chi connectivity index (χ2v) is 4.31.